The Morgan fingerprint density at radius 3 is 2.85 bits per heavy atom. The molecule has 2 aromatic rings. The Morgan fingerprint density at radius 1 is 1.50 bits per heavy atom. The SMILES string of the molecule is CNCc1c(S(=O)(=O)N(C)Cc2ccoc2)n[nH]c1C. The van der Waals surface area contributed by atoms with Crippen molar-refractivity contribution in [2.24, 2.45) is 0 Å². The van der Waals surface area contributed by atoms with E-state index in [-0.39, 0.29) is 11.6 Å². The molecule has 0 radical (unpaired) electrons. The van der Waals surface area contributed by atoms with Gasteiger partial charge >= 0.3 is 0 Å². The summed E-state index contributed by atoms with van der Waals surface area (Å²) in [4.78, 5) is 0. The first-order valence-corrected chi connectivity index (χ1v) is 7.56. The lowest BCUT2D eigenvalue weighted by Crippen LogP contribution is -2.28. The van der Waals surface area contributed by atoms with Gasteiger partial charge in [-0.25, -0.2) is 8.42 Å². The number of nitrogens with zero attached hydrogens (tertiary/aromatic N) is 2. The van der Waals surface area contributed by atoms with Crippen LogP contribution in [0, 0.1) is 6.92 Å². The fraction of sp³-hybridized carbons (Fsp3) is 0.417. The van der Waals surface area contributed by atoms with Crippen molar-refractivity contribution < 1.29 is 12.8 Å². The van der Waals surface area contributed by atoms with Crippen molar-refractivity contribution in [3.05, 3.63) is 35.4 Å². The lowest BCUT2D eigenvalue weighted by atomic mass is 10.3. The third-order valence-corrected chi connectivity index (χ3v) is 4.81. The van der Waals surface area contributed by atoms with Crippen LogP contribution in [-0.2, 0) is 23.1 Å². The van der Waals surface area contributed by atoms with Gasteiger partial charge in [0, 0.05) is 37.0 Å². The maximum absolute atomic E-state index is 12.6. The van der Waals surface area contributed by atoms with Gasteiger partial charge in [-0.05, 0) is 20.0 Å². The van der Waals surface area contributed by atoms with Gasteiger partial charge < -0.3 is 9.73 Å². The molecule has 20 heavy (non-hydrogen) atoms. The van der Waals surface area contributed by atoms with Crippen molar-refractivity contribution in [2.45, 2.75) is 25.0 Å². The van der Waals surface area contributed by atoms with Crippen LogP contribution in [0.5, 0.6) is 0 Å². The van der Waals surface area contributed by atoms with Crippen molar-refractivity contribution in [3.8, 4) is 0 Å². The van der Waals surface area contributed by atoms with E-state index in [9.17, 15) is 8.42 Å². The summed E-state index contributed by atoms with van der Waals surface area (Å²) in [6, 6.07) is 1.73. The van der Waals surface area contributed by atoms with Gasteiger partial charge in [0.25, 0.3) is 10.0 Å². The number of aromatic amines is 1. The topological polar surface area (TPSA) is 91.2 Å². The standard InChI is InChI=1S/C12H18N4O3S/c1-9-11(6-13-2)12(15-14-9)20(17,18)16(3)7-10-4-5-19-8-10/h4-5,8,13H,6-7H2,1-3H3,(H,14,15). The number of furan rings is 1. The Morgan fingerprint density at radius 2 is 2.25 bits per heavy atom. The summed E-state index contributed by atoms with van der Waals surface area (Å²) in [5.41, 5.74) is 2.19. The number of nitrogens with one attached hydrogen (secondary N) is 2. The van der Waals surface area contributed by atoms with Crippen LogP contribution >= 0.6 is 0 Å². The van der Waals surface area contributed by atoms with E-state index >= 15 is 0 Å². The van der Waals surface area contributed by atoms with Gasteiger partial charge in [0.1, 0.15) is 0 Å². The van der Waals surface area contributed by atoms with E-state index in [0.29, 0.717) is 12.1 Å². The number of aromatic nitrogens is 2. The Balaban J connectivity index is 2.30. The number of aryl methyl sites for hydroxylation is 1. The smallest absolute Gasteiger partial charge is 0.262 e. The summed E-state index contributed by atoms with van der Waals surface area (Å²) < 4.78 is 31.3. The molecule has 0 saturated heterocycles. The Kier molecular flexibility index (Phi) is 4.26. The van der Waals surface area contributed by atoms with E-state index in [0.717, 1.165) is 11.3 Å². The molecular formula is C12H18N4O3S. The van der Waals surface area contributed by atoms with Gasteiger partial charge in [0.2, 0.25) is 0 Å². The molecule has 0 fully saturated rings. The van der Waals surface area contributed by atoms with E-state index < -0.39 is 10.0 Å². The van der Waals surface area contributed by atoms with Crippen LogP contribution in [0.2, 0.25) is 0 Å². The first kappa shape index (κ1) is 14.8. The van der Waals surface area contributed by atoms with E-state index in [1.165, 1.54) is 23.9 Å². The number of hydrogen-bond donors (Lipinski definition) is 2. The molecule has 0 spiro atoms. The first-order chi connectivity index (χ1) is 9.46. The predicted octanol–water partition coefficient (Wildman–Crippen LogP) is 0.851. The highest BCUT2D eigenvalue weighted by atomic mass is 32.2. The summed E-state index contributed by atoms with van der Waals surface area (Å²) in [7, 11) is -0.353. The minimum absolute atomic E-state index is 0.0651. The highest BCUT2D eigenvalue weighted by Crippen LogP contribution is 2.21. The molecular weight excluding hydrogens is 280 g/mol. The molecule has 0 unspecified atom stereocenters. The molecule has 2 rings (SSSR count). The predicted molar refractivity (Wildman–Crippen MR) is 73.4 cm³/mol. The first-order valence-electron chi connectivity index (χ1n) is 6.12. The third-order valence-electron chi connectivity index (χ3n) is 3.03. The second-order valence-electron chi connectivity index (χ2n) is 4.56. The summed E-state index contributed by atoms with van der Waals surface area (Å²) >= 11 is 0. The van der Waals surface area contributed by atoms with Crippen LogP contribution in [-0.4, -0.2) is 37.0 Å². The van der Waals surface area contributed by atoms with Crippen molar-refractivity contribution in [3.63, 3.8) is 0 Å². The van der Waals surface area contributed by atoms with Gasteiger partial charge in [0.15, 0.2) is 5.03 Å². The summed E-state index contributed by atoms with van der Waals surface area (Å²) in [6.45, 7) is 2.48. The third kappa shape index (κ3) is 2.77. The largest absolute Gasteiger partial charge is 0.472 e. The van der Waals surface area contributed by atoms with E-state index in [1.54, 1.807) is 20.0 Å². The van der Waals surface area contributed by atoms with Crippen LogP contribution in [0.3, 0.4) is 0 Å². The van der Waals surface area contributed by atoms with E-state index in [2.05, 4.69) is 15.5 Å². The van der Waals surface area contributed by atoms with Crippen molar-refractivity contribution in [1.82, 2.24) is 19.8 Å². The Bertz CT molecular complexity index is 661. The highest BCUT2D eigenvalue weighted by molar-refractivity contribution is 7.89. The Labute approximate surface area is 118 Å². The van der Waals surface area contributed by atoms with Crippen molar-refractivity contribution in [1.29, 1.82) is 0 Å². The van der Waals surface area contributed by atoms with E-state index in [4.69, 9.17) is 4.42 Å². The highest BCUT2D eigenvalue weighted by Gasteiger charge is 2.28. The average molecular weight is 298 g/mol. The van der Waals surface area contributed by atoms with Gasteiger partial charge in [-0.15, -0.1) is 0 Å². The summed E-state index contributed by atoms with van der Waals surface area (Å²) in [5, 5.41) is 9.68. The quantitative estimate of drug-likeness (QED) is 0.825. The van der Waals surface area contributed by atoms with Gasteiger partial charge in [-0.2, -0.15) is 9.40 Å². The maximum Gasteiger partial charge on any atom is 0.262 e. The van der Waals surface area contributed by atoms with Crippen molar-refractivity contribution >= 4 is 10.0 Å². The lowest BCUT2D eigenvalue weighted by Gasteiger charge is -2.15. The molecule has 0 saturated carbocycles. The molecule has 0 bridgehead atoms. The number of sulfonamides is 1. The summed E-state index contributed by atoms with van der Waals surface area (Å²) in [6.07, 6.45) is 3.04. The molecule has 8 heteroatoms. The van der Waals surface area contributed by atoms with Crippen LogP contribution < -0.4 is 5.32 Å². The lowest BCUT2D eigenvalue weighted by molar-refractivity contribution is 0.459. The Hall–Kier alpha value is -1.64. The van der Waals surface area contributed by atoms with Gasteiger partial charge in [-0.3, -0.25) is 5.10 Å². The minimum Gasteiger partial charge on any atom is -0.472 e. The van der Waals surface area contributed by atoms with Crippen LogP contribution in [0.25, 0.3) is 0 Å². The fourth-order valence-corrected chi connectivity index (χ4v) is 3.21. The minimum atomic E-state index is -3.64. The van der Waals surface area contributed by atoms with Crippen LogP contribution in [0.1, 0.15) is 16.8 Å². The zero-order chi connectivity index (χ0) is 14.8. The normalized spacial score (nSPS) is 12.2. The average Bonchev–Trinajstić information content (AvgIpc) is 3.01. The molecule has 2 aromatic heterocycles. The molecule has 0 amide bonds. The zero-order valence-electron chi connectivity index (χ0n) is 11.7. The number of hydrogen-bond acceptors (Lipinski definition) is 5. The molecule has 0 aliphatic rings. The molecule has 0 aromatic carbocycles. The zero-order valence-corrected chi connectivity index (χ0v) is 12.5. The van der Waals surface area contributed by atoms with Crippen LogP contribution in [0.15, 0.2) is 28.0 Å². The fourth-order valence-electron chi connectivity index (χ4n) is 1.90. The van der Waals surface area contributed by atoms with Crippen LogP contribution in [0.4, 0.5) is 0 Å². The molecule has 7 nitrogen and oxygen atoms in total. The van der Waals surface area contributed by atoms with Gasteiger partial charge in [0.05, 0.1) is 12.5 Å². The molecule has 2 heterocycles. The molecule has 0 aliphatic carbocycles. The second kappa shape index (κ2) is 5.78. The number of rotatable bonds is 6. The van der Waals surface area contributed by atoms with E-state index in [1.807, 2.05) is 0 Å². The monoisotopic (exact) mass is 298 g/mol. The maximum atomic E-state index is 12.6. The molecule has 110 valence electrons. The second-order valence-corrected chi connectivity index (χ2v) is 6.52. The number of H-pyrrole nitrogens is 1. The molecule has 2 N–H and O–H groups in total. The molecule has 0 aliphatic heterocycles. The summed E-state index contributed by atoms with van der Waals surface area (Å²) in [5.74, 6) is 0. The van der Waals surface area contributed by atoms with Gasteiger partial charge in [-0.1, -0.05) is 0 Å². The molecule has 0 atom stereocenters. The van der Waals surface area contributed by atoms with Crippen molar-refractivity contribution in [2.75, 3.05) is 14.1 Å².